The second-order valence-electron chi connectivity index (χ2n) is 7.70. The number of ether oxygens (including phenoxy) is 1. The maximum absolute atomic E-state index is 13.1. The molecule has 1 amide bonds. The molecule has 28 heavy (non-hydrogen) atoms. The van der Waals surface area contributed by atoms with Crippen LogP contribution in [0.25, 0.3) is 6.08 Å². The number of benzene rings is 1. The van der Waals surface area contributed by atoms with Crippen molar-refractivity contribution in [3.63, 3.8) is 0 Å². The molecule has 2 aliphatic rings. The third-order valence-electron chi connectivity index (χ3n) is 5.53. The average Bonchev–Trinajstić information content (AvgIpc) is 2.99. The van der Waals surface area contributed by atoms with Gasteiger partial charge in [-0.25, -0.2) is 0 Å². The topological polar surface area (TPSA) is 45.7 Å². The van der Waals surface area contributed by atoms with Crippen molar-refractivity contribution in [2.45, 2.75) is 13.0 Å². The molecule has 0 saturated carbocycles. The van der Waals surface area contributed by atoms with Crippen molar-refractivity contribution in [1.29, 1.82) is 0 Å². The molecule has 1 aromatic heterocycles. The van der Waals surface area contributed by atoms with Gasteiger partial charge in [-0.15, -0.1) is 0 Å². The van der Waals surface area contributed by atoms with Gasteiger partial charge in [0.2, 0.25) is 0 Å². The van der Waals surface area contributed by atoms with Crippen LogP contribution in [-0.4, -0.2) is 66.1 Å². The molecule has 5 nitrogen and oxygen atoms in total. The van der Waals surface area contributed by atoms with Crippen molar-refractivity contribution in [3.05, 3.63) is 71.6 Å². The van der Waals surface area contributed by atoms with Gasteiger partial charge in [-0.05, 0) is 24.1 Å². The summed E-state index contributed by atoms with van der Waals surface area (Å²) in [5, 5.41) is 0. The summed E-state index contributed by atoms with van der Waals surface area (Å²) in [5.41, 5.74) is 2.71. The molecule has 5 heteroatoms. The Morgan fingerprint density at radius 2 is 2.00 bits per heavy atom. The van der Waals surface area contributed by atoms with E-state index in [2.05, 4.69) is 46.3 Å². The van der Waals surface area contributed by atoms with E-state index in [4.69, 9.17) is 4.74 Å². The Morgan fingerprint density at radius 3 is 2.82 bits per heavy atom. The number of amides is 1. The summed E-state index contributed by atoms with van der Waals surface area (Å²) < 4.78 is 5.89. The number of carbonyl (C=O) groups excluding carboxylic acids is 1. The lowest BCUT2D eigenvalue weighted by atomic mass is 10.1. The van der Waals surface area contributed by atoms with Gasteiger partial charge in [0.05, 0.1) is 19.3 Å². The minimum Gasteiger partial charge on any atom is -0.379 e. The highest BCUT2D eigenvalue weighted by Gasteiger charge is 2.35. The summed E-state index contributed by atoms with van der Waals surface area (Å²) in [6.07, 6.45) is 6.07. The zero-order chi connectivity index (χ0) is 19.3. The second kappa shape index (κ2) is 8.67. The predicted molar refractivity (Wildman–Crippen MR) is 110 cm³/mol. The van der Waals surface area contributed by atoms with Gasteiger partial charge < -0.3 is 9.64 Å². The third-order valence-corrected chi connectivity index (χ3v) is 5.53. The van der Waals surface area contributed by atoms with E-state index in [0.717, 1.165) is 25.2 Å². The van der Waals surface area contributed by atoms with Crippen LogP contribution in [0.3, 0.4) is 0 Å². The Bertz CT molecular complexity index is 837. The van der Waals surface area contributed by atoms with E-state index in [0.29, 0.717) is 31.4 Å². The van der Waals surface area contributed by atoms with Gasteiger partial charge in [0.25, 0.3) is 5.91 Å². The SMILES string of the molecule is Cc1cccnc1C(=O)N1C[C@@H]2COC[C@H](C1)N(CC=Cc1ccccc1)C2. The summed E-state index contributed by atoms with van der Waals surface area (Å²) in [4.78, 5) is 21.9. The minimum absolute atomic E-state index is 0.0386. The molecule has 2 saturated heterocycles. The lowest BCUT2D eigenvalue weighted by molar-refractivity contribution is 0.0419. The van der Waals surface area contributed by atoms with E-state index in [1.807, 2.05) is 30.0 Å². The molecule has 146 valence electrons. The number of carbonyl (C=O) groups is 1. The van der Waals surface area contributed by atoms with Crippen LogP contribution >= 0.6 is 0 Å². The lowest BCUT2D eigenvalue weighted by Gasteiger charge is -2.30. The van der Waals surface area contributed by atoms with Crippen molar-refractivity contribution in [2.24, 2.45) is 5.92 Å². The van der Waals surface area contributed by atoms with Crippen LogP contribution < -0.4 is 0 Å². The number of fused-ring (bicyclic) bond motifs is 3. The van der Waals surface area contributed by atoms with Crippen LogP contribution in [0, 0.1) is 12.8 Å². The normalized spacial score (nSPS) is 23.0. The monoisotopic (exact) mass is 377 g/mol. The Kier molecular flexibility index (Phi) is 5.84. The first-order chi connectivity index (χ1) is 13.7. The molecule has 4 rings (SSSR count). The molecule has 3 heterocycles. The van der Waals surface area contributed by atoms with Gasteiger partial charge >= 0.3 is 0 Å². The van der Waals surface area contributed by atoms with Crippen molar-refractivity contribution in [1.82, 2.24) is 14.8 Å². The number of aromatic nitrogens is 1. The Balaban J connectivity index is 1.47. The van der Waals surface area contributed by atoms with E-state index in [9.17, 15) is 4.79 Å². The first-order valence-corrected chi connectivity index (χ1v) is 9.95. The third kappa shape index (κ3) is 4.32. The molecule has 0 N–H and O–H groups in total. The van der Waals surface area contributed by atoms with Gasteiger partial charge in [-0.3, -0.25) is 14.7 Å². The second-order valence-corrected chi connectivity index (χ2v) is 7.70. The first kappa shape index (κ1) is 18.8. The fourth-order valence-electron chi connectivity index (χ4n) is 4.07. The fraction of sp³-hybridized carbons (Fsp3) is 0.391. The first-order valence-electron chi connectivity index (χ1n) is 9.95. The molecule has 2 aliphatic heterocycles. The Hall–Kier alpha value is -2.50. The number of aryl methyl sites for hydroxylation is 1. The molecule has 1 aromatic carbocycles. The minimum atomic E-state index is 0.0386. The molecule has 2 fully saturated rings. The molecule has 2 atom stereocenters. The number of nitrogens with zero attached hydrogens (tertiary/aromatic N) is 3. The highest BCUT2D eigenvalue weighted by Crippen LogP contribution is 2.21. The quantitative estimate of drug-likeness (QED) is 0.822. The average molecular weight is 377 g/mol. The van der Waals surface area contributed by atoms with E-state index in [1.54, 1.807) is 6.20 Å². The summed E-state index contributed by atoms with van der Waals surface area (Å²) in [5.74, 6) is 0.363. The van der Waals surface area contributed by atoms with Gasteiger partial charge in [0, 0.05) is 38.3 Å². The predicted octanol–water partition coefficient (Wildman–Crippen LogP) is 2.88. The van der Waals surface area contributed by atoms with Crippen LogP contribution in [0.15, 0.2) is 54.7 Å². The van der Waals surface area contributed by atoms with Crippen molar-refractivity contribution in [2.75, 3.05) is 39.4 Å². The zero-order valence-electron chi connectivity index (χ0n) is 16.3. The summed E-state index contributed by atoms with van der Waals surface area (Å²) in [6.45, 7) is 6.55. The molecule has 0 aliphatic carbocycles. The number of hydrogen-bond acceptors (Lipinski definition) is 4. The Morgan fingerprint density at radius 1 is 1.14 bits per heavy atom. The number of pyridine rings is 1. The van der Waals surface area contributed by atoms with E-state index >= 15 is 0 Å². The zero-order valence-corrected chi connectivity index (χ0v) is 16.3. The van der Waals surface area contributed by atoms with Crippen molar-refractivity contribution < 1.29 is 9.53 Å². The van der Waals surface area contributed by atoms with Crippen molar-refractivity contribution >= 4 is 12.0 Å². The van der Waals surface area contributed by atoms with Crippen LogP contribution in [-0.2, 0) is 4.74 Å². The summed E-state index contributed by atoms with van der Waals surface area (Å²) >= 11 is 0. The molecule has 2 aromatic rings. The fourth-order valence-corrected chi connectivity index (χ4v) is 4.07. The van der Waals surface area contributed by atoms with Gasteiger partial charge in [-0.1, -0.05) is 48.6 Å². The van der Waals surface area contributed by atoms with E-state index < -0.39 is 0 Å². The van der Waals surface area contributed by atoms with Gasteiger partial charge in [-0.2, -0.15) is 0 Å². The molecule has 0 radical (unpaired) electrons. The van der Waals surface area contributed by atoms with Crippen LogP contribution in [0.5, 0.6) is 0 Å². The maximum atomic E-state index is 13.1. The maximum Gasteiger partial charge on any atom is 0.272 e. The molecule has 2 bridgehead atoms. The van der Waals surface area contributed by atoms with E-state index in [1.165, 1.54) is 5.56 Å². The molecular formula is C23H27N3O2. The highest BCUT2D eigenvalue weighted by atomic mass is 16.5. The Labute approximate surface area is 166 Å². The van der Waals surface area contributed by atoms with Crippen LogP contribution in [0.2, 0.25) is 0 Å². The van der Waals surface area contributed by atoms with E-state index in [-0.39, 0.29) is 11.9 Å². The molecule has 0 unspecified atom stereocenters. The summed E-state index contributed by atoms with van der Waals surface area (Å²) in [7, 11) is 0. The highest BCUT2D eigenvalue weighted by molar-refractivity contribution is 5.93. The number of rotatable bonds is 4. The van der Waals surface area contributed by atoms with Crippen molar-refractivity contribution in [3.8, 4) is 0 Å². The lowest BCUT2D eigenvalue weighted by Crippen LogP contribution is -2.46. The number of hydrogen-bond donors (Lipinski definition) is 0. The molecule has 0 spiro atoms. The van der Waals surface area contributed by atoms with Crippen LogP contribution in [0.4, 0.5) is 0 Å². The molecular weight excluding hydrogens is 350 g/mol. The standard InChI is InChI=1S/C23H27N3O2/c1-18-7-5-11-24-22(18)23(27)26-14-20-13-25(21(15-26)17-28-16-20)12-6-10-19-8-3-2-4-9-19/h2-11,20-21H,12-17H2,1H3/t20-,21+/m1/s1. The summed E-state index contributed by atoms with van der Waals surface area (Å²) in [6, 6.07) is 14.4. The van der Waals surface area contributed by atoms with Crippen LogP contribution in [0.1, 0.15) is 21.6 Å². The largest absolute Gasteiger partial charge is 0.379 e. The smallest absolute Gasteiger partial charge is 0.272 e. The van der Waals surface area contributed by atoms with Gasteiger partial charge in [0.1, 0.15) is 5.69 Å². The van der Waals surface area contributed by atoms with Gasteiger partial charge in [0.15, 0.2) is 0 Å².